The maximum atomic E-state index is 4.51. The van der Waals surface area contributed by atoms with Gasteiger partial charge in [0.2, 0.25) is 0 Å². The fourth-order valence-electron chi connectivity index (χ4n) is 2.00. The zero-order valence-corrected chi connectivity index (χ0v) is 13.8. The van der Waals surface area contributed by atoms with Crippen molar-refractivity contribution in [2.24, 2.45) is 5.92 Å². The van der Waals surface area contributed by atoms with Gasteiger partial charge in [-0.15, -0.1) is 0 Å². The normalized spacial score (nSPS) is 13.3. The molecule has 0 radical (unpaired) electrons. The van der Waals surface area contributed by atoms with Crippen LogP contribution in [0.2, 0.25) is 0 Å². The van der Waals surface area contributed by atoms with Gasteiger partial charge in [0.05, 0.1) is 16.7 Å². The molecular formula is C14H26BrN3. The van der Waals surface area contributed by atoms with Crippen LogP contribution in [-0.2, 0) is 6.54 Å². The highest BCUT2D eigenvalue weighted by molar-refractivity contribution is 9.10. The van der Waals surface area contributed by atoms with Gasteiger partial charge < -0.3 is 5.32 Å². The molecule has 1 N–H and O–H groups in total. The van der Waals surface area contributed by atoms with Gasteiger partial charge in [0.1, 0.15) is 0 Å². The summed E-state index contributed by atoms with van der Waals surface area (Å²) < 4.78 is 3.21. The third-order valence-electron chi connectivity index (χ3n) is 3.29. The van der Waals surface area contributed by atoms with E-state index in [1.165, 1.54) is 18.5 Å². The molecule has 0 aliphatic heterocycles. The second-order valence-electron chi connectivity index (χ2n) is 5.53. The summed E-state index contributed by atoms with van der Waals surface area (Å²) in [5.74, 6) is 0.793. The highest BCUT2D eigenvalue weighted by Gasteiger charge is 2.08. The van der Waals surface area contributed by atoms with E-state index in [0.717, 1.165) is 29.2 Å². The lowest BCUT2D eigenvalue weighted by Crippen LogP contribution is -2.30. The Labute approximate surface area is 119 Å². The van der Waals surface area contributed by atoms with Gasteiger partial charge in [0.25, 0.3) is 0 Å². The van der Waals surface area contributed by atoms with E-state index >= 15 is 0 Å². The van der Waals surface area contributed by atoms with Crippen molar-refractivity contribution in [1.29, 1.82) is 0 Å². The summed E-state index contributed by atoms with van der Waals surface area (Å²) >= 11 is 3.56. The molecule has 0 aromatic carbocycles. The van der Waals surface area contributed by atoms with Gasteiger partial charge in [-0.05, 0) is 55.5 Å². The lowest BCUT2D eigenvalue weighted by atomic mass is 10.0. The molecule has 1 atom stereocenters. The Kier molecular flexibility index (Phi) is 6.36. The van der Waals surface area contributed by atoms with E-state index in [2.05, 4.69) is 58.7 Å². The molecule has 0 amide bonds. The van der Waals surface area contributed by atoms with Crippen molar-refractivity contribution in [3.05, 3.63) is 15.9 Å². The summed E-state index contributed by atoms with van der Waals surface area (Å²) in [7, 11) is 0. The lowest BCUT2D eigenvalue weighted by Gasteiger charge is -2.15. The Morgan fingerprint density at radius 1 is 1.22 bits per heavy atom. The van der Waals surface area contributed by atoms with E-state index in [4.69, 9.17) is 0 Å². The zero-order valence-electron chi connectivity index (χ0n) is 12.3. The molecule has 0 spiro atoms. The minimum absolute atomic E-state index is 0.591. The molecule has 104 valence electrons. The van der Waals surface area contributed by atoms with Crippen molar-refractivity contribution >= 4 is 15.9 Å². The molecule has 1 heterocycles. The minimum atomic E-state index is 0.591. The summed E-state index contributed by atoms with van der Waals surface area (Å²) in [6.07, 6.45) is 2.54. The molecular weight excluding hydrogens is 290 g/mol. The quantitative estimate of drug-likeness (QED) is 0.832. The molecule has 1 unspecified atom stereocenters. The Morgan fingerprint density at radius 2 is 1.89 bits per heavy atom. The fraction of sp³-hybridized carbons (Fsp3) is 0.786. The average molecular weight is 316 g/mol. The van der Waals surface area contributed by atoms with Gasteiger partial charge in [0.15, 0.2) is 0 Å². The van der Waals surface area contributed by atoms with Crippen molar-refractivity contribution < 1.29 is 0 Å². The molecule has 0 saturated heterocycles. The van der Waals surface area contributed by atoms with Crippen molar-refractivity contribution in [3.8, 4) is 0 Å². The number of rotatable bonds is 7. The zero-order chi connectivity index (χ0) is 13.7. The Balaban J connectivity index is 2.31. The van der Waals surface area contributed by atoms with Crippen LogP contribution in [-0.4, -0.2) is 22.4 Å². The molecule has 0 aliphatic rings. The van der Waals surface area contributed by atoms with Crippen LogP contribution < -0.4 is 5.32 Å². The predicted molar refractivity (Wildman–Crippen MR) is 80.9 cm³/mol. The Morgan fingerprint density at radius 3 is 2.39 bits per heavy atom. The van der Waals surface area contributed by atoms with Crippen LogP contribution in [0.5, 0.6) is 0 Å². The second-order valence-corrected chi connectivity index (χ2v) is 6.33. The van der Waals surface area contributed by atoms with Crippen molar-refractivity contribution in [2.75, 3.05) is 6.54 Å². The fourth-order valence-corrected chi connectivity index (χ4v) is 2.28. The predicted octanol–water partition coefficient (Wildman–Crippen LogP) is 3.68. The van der Waals surface area contributed by atoms with Crippen LogP contribution in [0, 0.1) is 19.8 Å². The van der Waals surface area contributed by atoms with E-state index < -0.39 is 0 Å². The summed E-state index contributed by atoms with van der Waals surface area (Å²) in [5, 5.41) is 8.08. The smallest absolute Gasteiger partial charge is 0.0738 e. The molecule has 4 heteroatoms. The number of halogens is 1. The number of nitrogens with one attached hydrogen (secondary N) is 1. The monoisotopic (exact) mass is 315 g/mol. The largest absolute Gasteiger partial charge is 0.312 e. The first-order valence-corrected chi connectivity index (χ1v) is 7.64. The third kappa shape index (κ3) is 4.73. The van der Waals surface area contributed by atoms with Crippen LogP contribution >= 0.6 is 15.9 Å². The van der Waals surface area contributed by atoms with Gasteiger partial charge >= 0.3 is 0 Å². The number of nitrogens with zero attached hydrogens (tertiary/aromatic N) is 2. The van der Waals surface area contributed by atoms with Crippen LogP contribution in [0.25, 0.3) is 0 Å². The first-order chi connectivity index (χ1) is 8.41. The molecule has 0 saturated carbocycles. The van der Waals surface area contributed by atoms with Gasteiger partial charge in [-0.25, -0.2) is 0 Å². The van der Waals surface area contributed by atoms with Gasteiger partial charge in [0, 0.05) is 18.3 Å². The highest BCUT2D eigenvalue weighted by Crippen LogP contribution is 2.19. The Hall–Kier alpha value is -0.350. The summed E-state index contributed by atoms with van der Waals surface area (Å²) in [5.41, 5.74) is 2.28. The first-order valence-electron chi connectivity index (χ1n) is 6.84. The standard InChI is InChI=1S/C14H26BrN3/c1-10(2)6-7-11(3)16-8-9-18-13(5)14(15)12(4)17-18/h10-11,16H,6-9H2,1-5H3. The van der Waals surface area contributed by atoms with Crippen molar-refractivity contribution in [2.45, 2.75) is 60.0 Å². The SMILES string of the molecule is Cc1nn(CCNC(C)CCC(C)C)c(C)c1Br. The molecule has 1 aromatic heterocycles. The molecule has 3 nitrogen and oxygen atoms in total. The maximum Gasteiger partial charge on any atom is 0.0738 e. The topological polar surface area (TPSA) is 29.9 Å². The number of hydrogen-bond donors (Lipinski definition) is 1. The van der Waals surface area contributed by atoms with Crippen LogP contribution in [0.15, 0.2) is 4.47 Å². The van der Waals surface area contributed by atoms with E-state index in [9.17, 15) is 0 Å². The minimum Gasteiger partial charge on any atom is -0.312 e. The van der Waals surface area contributed by atoms with E-state index in [0.29, 0.717) is 6.04 Å². The average Bonchev–Trinajstić information content (AvgIpc) is 2.54. The van der Waals surface area contributed by atoms with Crippen LogP contribution in [0.3, 0.4) is 0 Å². The van der Waals surface area contributed by atoms with Crippen molar-refractivity contribution in [1.82, 2.24) is 15.1 Å². The van der Waals surface area contributed by atoms with Crippen molar-refractivity contribution in [3.63, 3.8) is 0 Å². The lowest BCUT2D eigenvalue weighted by molar-refractivity contribution is 0.432. The molecule has 0 fully saturated rings. The highest BCUT2D eigenvalue weighted by atomic mass is 79.9. The summed E-state index contributed by atoms with van der Waals surface area (Å²) in [4.78, 5) is 0. The molecule has 0 aliphatic carbocycles. The Bertz CT molecular complexity index is 371. The summed E-state index contributed by atoms with van der Waals surface area (Å²) in [6, 6.07) is 0.591. The van der Waals surface area contributed by atoms with E-state index in [1.54, 1.807) is 0 Å². The van der Waals surface area contributed by atoms with Gasteiger partial charge in [-0.2, -0.15) is 5.10 Å². The first kappa shape index (κ1) is 15.7. The summed E-state index contributed by atoms with van der Waals surface area (Å²) in [6.45, 7) is 12.9. The third-order valence-corrected chi connectivity index (χ3v) is 4.43. The molecule has 18 heavy (non-hydrogen) atoms. The number of hydrogen-bond acceptors (Lipinski definition) is 2. The molecule has 1 rings (SSSR count). The van der Waals surface area contributed by atoms with E-state index in [-0.39, 0.29) is 0 Å². The molecule has 1 aromatic rings. The second kappa shape index (κ2) is 7.29. The van der Waals surface area contributed by atoms with E-state index in [1.807, 2.05) is 6.92 Å². The maximum absolute atomic E-state index is 4.51. The van der Waals surface area contributed by atoms with Gasteiger partial charge in [-0.1, -0.05) is 13.8 Å². The van der Waals surface area contributed by atoms with Gasteiger partial charge in [-0.3, -0.25) is 4.68 Å². The van der Waals surface area contributed by atoms with Crippen LogP contribution in [0.4, 0.5) is 0 Å². The van der Waals surface area contributed by atoms with Crippen LogP contribution in [0.1, 0.15) is 45.0 Å². The number of aromatic nitrogens is 2. The number of aryl methyl sites for hydroxylation is 1. The molecule has 0 bridgehead atoms.